The summed E-state index contributed by atoms with van der Waals surface area (Å²) in [5, 5.41) is 9.69. The Morgan fingerprint density at radius 3 is 2.10 bits per heavy atom. The third-order valence-corrected chi connectivity index (χ3v) is 7.64. The molecular weight excluding hydrogens is 265 g/mol. The first-order chi connectivity index (χ1) is 9.30. The Labute approximate surface area is 117 Å². The number of halogens is 3. The van der Waals surface area contributed by atoms with Gasteiger partial charge in [-0.05, 0) is 72.5 Å². The fourth-order valence-electron chi connectivity index (χ4n) is 6.88. The molecule has 0 aromatic heterocycles. The SMILES string of the molecule is CC1C(C)C2CC1C1C3CC(C(C(O)C(F)(F)F)C3)C21. The summed E-state index contributed by atoms with van der Waals surface area (Å²) in [6.45, 7) is 4.62. The third-order valence-electron chi connectivity index (χ3n) is 7.64. The molecule has 4 aliphatic carbocycles. The lowest BCUT2D eigenvalue weighted by atomic mass is 9.61. The van der Waals surface area contributed by atoms with E-state index in [1.165, 1.54) is 6.42 Å². The van der Waals surface area contributed by atoms with E-state index in [9.17, 15) is 18.3 Å². The summed E-state index contributed by atoms with van der Waals surface area (Å²) in [6, 6.07) is 0. The van der Waals surface area contributed by atoms with Gasteiger partial charge >= 0.3 is 6.18 Å². The molecule has 1 nitrogen and oxygen atoms in total. The van der Waals surface area contributed by atoms with E-state index in [2.05, 4.69) is 13.8 Å². The monoisotopic (exact) mass is 288 g/mol. The fourth-order valence-corrected chi connectivity index (χ4v) is 6.88. The molecule has 0 spiro atoms. The van der Waals surface area contributed by atoms with Gasteiger partial charge in [0, 0.05) is 0 Å². The number of hydrogen-bond acceptors (Lipinski definition) is 1. The molecular formula is C16H23F3O. The van der Waals surface area contributed by atoms with Crippen molar-refractivity contribution in [3.63, 3.8) is 0 Å². The van der Waals surface area contributed by atoms with Gasteiger partial charge < -0.3 is 5.11 Å². The van der Waals surface area contributed by atoms with E-state index >= 15 is 0 Å². The largest absolute Gasteiger partial charge is 0.414 e. The van der Waals surface area contributed by atoms with E-state index in [0.717, 1.165) is 18.3 Å². The molecule has 4 aliphatic rings. The van der Waals surface area contributed by atoms with Crippen LogP contribution in [0.1, 0.15) is 33.1 Å². The van der Waals surface area contributed by atoms with Crippen LogP contribution in [0, 0.1) is 53.3 Å². The number of aliphatic hydroxyl groups is 1. The lowest BCUT2D eigenvalue weighted by Crippen LogP contribution is -2.45. The number of aliphatic hydroxyl groups excluding tert-OH is 1. The van der Waals surface area contributed by atoms with E-state index in [0.29, 0.717) is 36.0 Å². The summed E-state index contributed by atoms with van der Waals surface area (Å²) in [7, 11) is 0. The second-order valence-corrected chi connectivity index (χ2v) is 7.98. The Balaban J connectivity index is 1.60. The maximum absolute atomic E-state index is 12.8. The molecule has 4 heteroatoms. The molecule has 0 heterocycles. The average Bonchev–Trinajstić information content (AvgIpc) is 3.07. The normalized spacial score (nSPS) is 58.2. The first-order valence-corrected chi connectivity index (χ1v) is 8.05. The van der Waals surface area contributed by atoms with Crippen molar-refractivity contribution in [2.45, 2.75) is 45.4 Å². The van der Waals surface area contributed by atoms with E-state index in [4.69, 9.17) is 0 Å². The summed E-state index contributed by atoms with van der Waals surface area (Å²) < 4.78 is 38.5. The summed E-state index contributed by atoms with van der Waals surface area (Å²) in [5.74, 6) is 3.99. The molecule has 10 atom stereocenters. The second kappa shape index (κ2) is 3.93. The van der Waals surface area contributed by atoms with E-state index < -0.39 is 18.2 Å². The van der Waals surface area contributed by atoms with Crippen molar-refractivity contribution in [3.05, 3.63) is 0 Å². The Kier molecular flexibility index (Phi) is 2.64. The zero-order valence-corrected chi connectivity index (χ0v) is 12.0. The van der Waals surface area contributed by atoms with Crippen LogP contribution in [0.5, 0.6) is 0 Å². The molecule has 0 amide bonds. The molecule has 0 aromatic carbocycles. The van der Waals surface area contributed by atoms with E-state index in [1.807, 2.05) is 0 Å². The fraction of sp³-hybridized carbons (Fsp3) is 1.00. The van der Waals surface area contributed by atoms with E-state index in [-0.39, 0.29) is 5.92 Å². The molecule has 0 radical (unpaired) electrons. The molecule has 114 valence electrons. The van der Waals surface area contributed by atoms with Crippen molar-refractivity contribution in [2.75, 3.05) is 0 Å². The molecule has 4 fully saturated rings. The number of alkyl halides is 3. The lowest BCUT2D eigenvalue weighted by Gasteiger charge is -2.44. The van der Waals surface area contributed by atoms with Crippen LogP contribution in [0.25, 0.3) is 0 Å². The molecule has 0 aromatic rings. The van der Waals surface area contributed by atoms with Crippen LogP contribution in [-0.2, 0) is 0 Å². The van der Waals surface area contributed by atoms with Crippen LogP contribution >= 0.6 is 0 Å². The predicted molar refractivity (Wildman–Crippen MR) is 68.7 cm³/mol. The molecule has 20 heavy (non-hydrogen) atoms. The zero-order chi connectivity index (χ0) is 14.4. The Hall–Kier alpha value is -0.250. The van der Waals surface area contributed by atoms with Crippen LogP contribution in [-0.4, -0.2) is 17.4 Å². The van der Waals surface area contributed by atoms with Gasteiger partial charge in [-0.2, -0.15) is 13.2 Å². The highest BCUT2D eigenvalue weighted by Gasteiger charge is 2.67. The highest BCUT2D eigenvalue weighted by atomic mass is 19.4. The van der Waals surface area contributed by atoms with Gasteiger partial charge in [0.2, 0.25) is 0 Å². The average molecular weight is 288 g/mol. The third kappa shape index (κ3) is 1.49. The van der Waals surface area contributed by atoms with Crippen LogP contribution in [0.15, 0.2) is 0 Å². The molecule has 10 unspecified atom stereocenters. The molecule has 4 bridgehead atoms. The van der Waals surface area contributed by atoms with Crippen molar-refractivity contribution in [1.29, 1.82) is 0 Å². The van der Waals surface area contributed by atoms with Gasteiger partial charge in [0.1, 0.15) is 0 Å². The van der Waals surface area contributed by atoms with Gasteiger partial charge in [-0.25, -0.2) is 0 Å². The highest BCUT2D eigenvalue weighted by molar-refractivity contribution is 5.14. The number of hydrogen-bond donors (Lipinski definition) is 1. The van der Waals surface area contributed by atoms with E-state index in [1.54, 1.807) is 0 Å². The minimum absolute atomic E-state index is 0.131. The van der Waals surface area contributed by atoms with Crippen LogP contribution in [0.2, 0.25) is 0 Å². The predicted octanol–water partition coefficient (Wildman–Crippen LogP) is 3.72. The standard InChI is InChI=1S/C16H23F3O/c1-6-7(2)10-5-9(6)13-8-3-11(14(10)13)12(4-8)15(20)16(17,18)19/h6-15,20H,3-5H2,1-2H3. The number of fused-ring (bicyclic) bond motifs is 9. The lowest BCUT2D eigenvalue weighted by molar-refractivity contribution is -0.228. The van der Waals surface area contributed by atoms with Crippen LogP contribution in [0.4, 0.5) is 13.2 Å². The first kappa shape index (κ1) is 13.4. The molecule has 4 rings (SSSR count). The van der Waals surface area contributed by atoms with Gasteiger partial charge in [0.25, 0.3) is 0 Å². The maximum atomic E-state index is 12.8. The van der Waals surface area contributed by atoms with Crippen molar-refractivity contribution in [3.8, 4) is 0 Å². The molecule has 1 N–H and O–H groups in total. The molecule has 0 aliphatic heterocycles. The molecule has 4 saturated carbocycles. The summed E-state index contributed by atoms with van der Waals surface area (Å²) in [4.78, 5) is 0. The highest BCUT2D eigenvalue weighted by Crippen LogP contribution is 2.71. The minimum atomic E-state index is -4.44. The van der Waals surface area contributed by atoms with Crippen molar-refractivity contribution >= 4 is 0 Å². The van der Waals surface area contributed by atoms with Crippen LogP contribution in [0.3, 0.4) is 0 Å². The first-order valence-electron chi connectivity index (χ1n) is 8.05. The van der Waals surface area contributed by atoms with Gasteiger partial charge in [-0.3, -0.25) is 0 Å². The van der Waals surface area contributed by atoms with Gasteiger partial charge in [-0.15, -0.1) is 0 Å². The van der Waals surface area contributed by atoms with Gasteiger partial charge in [0.05, 0.1) is 0 Å². The second-order valence-electron chi connectivity index (χ2n) is 7.98. The van der Waals surface area contributed by atoms with Crippen molar-refractivity contribution in [1.82, 2.24) is 0 Å². The Morgan fingerprint density at radius 2 is 1.50 bits per heavy atom. The quantitative estimate of drug-likeness (QED) is 0.729. The summed E-state index contributed by atoms with van der Waals surface area (Å²) >= 11 is 0. The maximum Gasteiger partial charge on any atom is 0.414 e. The molecule has 0 saturated heterocycles. The van der Waals surface area contributed by atoms with Crippen molar-refractivity contribution < 1.29 is 18.3 Å². The number of rotatable bonds is 1. The van der Waals surface area contributed by atoms with Crippen LogP contribution < -0.4 is 0 Å². The van der Waals surface area contributed by atoms with Gasteiger partial charge in [0.15, 0.2) is 6.10 Å². The summed E-state index contributed by atoms with van der Waals surface area (Å²) in [5.41, 5.74) is 0. The Morgan fingerprint density at radius 1 is 0.900 bits per heavy atom. The van der Waals surface area contributed by atoms with Gasteiger partial charge in [-0.1, -0.05) is 13.8 Å². The minimum Gasteiger partial charge on any atom is -0.383 e. The Bertz CT molecular complexity index is 420. The summed E-state index contributed by atoms with van der Waals surface area (Å²) in [6.07, 6.45) is -3.75. The smallest absolute Gasteiger partial charge is 0.383 e. The topological polar surface area (TPSA) is 20.2 Å². The zero-order valence-electron chi connectivity index (χ0n) is 12.0. The van der Waals surface area contributed by atoms with Crippen molar-refractivity contribution in [2.24, 2.45) is 53.3 Å².